The lowest BCUT2D eigenvalue weighted by Crippen LogP contribution is -2.10. The Hall–Kier alpha value is -1.33. The first-order chi connectivity index (χ1) is 12.1. The molecule has 0 atom stereocenters. The monoisotopic (exact) mass is 406 g/mol. The molecule has 1 aliphatic rings. The first-order valence-electron chi connectivity index (χ1n) is 9.32. The number of fused-ring (bicyclic) bond motifs is 1. The van der Waals surface area contributed by atoms with Crippen LogP contribution in [0.2, 0.25) is 0 Å². The van der Waals surface area contributed by atoms with E-state index in [0.29, 0.717) is 24.4 Å². The van der Waals surface area contributed by atoms with Crippen LogP contribution in [0.4, 0.5) is 0 Å². The number of aliphatic hydroxyl groups excluding tert-OH is 1. The van der Waals surface area contributed by atoms with Crippen molar-refractivity contribution in [2.24, 2.45) is 11.7 Å². The Morgan fingerprint density at radius 3 is 2.60 bits per heavy atom. The van der Waals surface area contributed by atoms with Crippen LogP contribution in [0, 0.1) is 5.92 Å². The van der Waals surface area contributed by atoms with E-state index in [1.54, 1.807) is 0 Å². The van der Waals surface area contributed by atoms with Gasteiger partial charge in [-0.1, -0.05) is 60.5 Å². The molecule has 5 heteroatoms. The van der Waals surface area contributed by atoms with E-state index in [4.69, 9.17) is 5.73 Å². The average molecular weight is 407 g/mol. The quantitative estimate of drug-likeness (QED) is 0.697. The average Bonchev–Trinajstić information content (AvgIpc) is 2.80. The fourth-order valence-electron chi connectivity index (χ4n) is 4.13. The van der Waals surface area contributed by atoms with E-state index in [9.17, 15) is 9.90 Å². The Morgan fingerprint density at radius 2 is 1.96 bits per heavy atom. The molecule has 136 valence electrons. The summed E-state index contributed by atoms with van der Waals surface area (Å²) in [6.45, 7) is 0.825. The zero-order valence-electron chi connectivity index (χ0n) is 14.6. The SMILES string of the molecule is NC(=O)c1cn(CCCO)c2c(CC3CCCCCC3)ccc(Br)c12. The maximum absolute atomic E-state index is 11.9. The van der Waals surface area contributed by atoms with Gasteiger partial charge in [-0.15, -0.1) is 0 Å². The zero-order chi connectivity index (χ0) is 17.8. The molecule has 1 aromatic carbocycles. The minimum atomic E-state index is -0.403. The van der Waals surface area contributed by atoms with Crippen molar-refractivity contribution in [3.8, 4) is 0 Å². The highest BCUT2D eigenvalue weighted by molar-refractivity contribution is 9.10. The summed E-state index contributed by atoms with van der Waals surface area (Å²) in [5, 5.41) is 10.1. The maximum atomic E-state index is 11.9. The van der Waals surface area contributed by atoms with E-state index in [0.717, 1.165) is 21.8 Å². The van der Waals surface area contributed by atoms with Gasteiger partial charge in [0.2, 0.25) is 0 Å². The van der Waals surface area contributed by atoms with Gasteiger partial charge in [0.15, 0.2) is 0 Å². The van der Waals surface area contributed by atoms with Crippen LogP contribution >= 0.6 is 15.9 Å². The molecule has 0 saturated heterocycles. The molecule has 0 radical (unpaired) electrons. The summed E-state index contributed by atoms with van der Waals surface area (Å²) >= 11 is 3.60. The maximum Gasteiger partial charge on any atom is 0.250 e. The Labute approximate surface area is 157 Å². The van der Waals surface area contributed by atoms with Crippen molar-refractivity contribution >= 4 is 32.7 Å². The van der Waals surface area contributed by atoms with E-state index in [2.05, 4.69) is 26.6 Å². The highest BCUT2D eigenvalue weighted by Gasteiger charge is 2.20. The first-order valence-corrected chi connectivity index (χ1v) is 10.1. The number of primary amides is 1. The molecule has 3 N–H and O–H groups in total. The van der Waals surface area contributed by atoms with E-state index in [1.165, 1.54) is 44.1 Å². The number of aliphatic hydroxyl groups is 1. The topological polar surface area (TPSA) is 68.2 Å². The number of rotatable bonds is 6. The molecule has 1 fully saturated rings. The number of aryl methyl sites for hydroxylation is 1. The van der Waals surface area contributed by atoms with Crippen LogP contribution < -0.4 is 5.73 Å². The first kappa shape index (κ1) is 18.5. The van der Waals surface area contributed by atoms with Crippen LogP contribution in [-0.4, -0.2) is 22.2 Å². The molecule has 1 amide bonds. The minimum absolute atomic E-state index is 0.136. The number of carbonyl (C=O) groups is 1. The second-order valence-electron chi connectivity index (χ2n) is 7.17. The van der Waals surface area contributed by atoms with Gasteiger partial charge in [0.25, 0.3) is 5.91 Å². The van der Waals surface area contributed by atoms with E-state index in [-0.39, 0.29) is 6.61 Å². The number of halogens is 1. The fraction of sp³-hybridized carbons (Fsp3) is 0.550. The molecular formula is C20H27BrN2O2. The smallest absolute Gasteiger partial charge is 0.250 e. The van der Waals surface area contributed by atoms with E-state index >= 15 is 0 Å². The Balaban J connectivity index is 2.04. The Kier molecular flexibility index (Phi) is 6.18. The number of carbonyl (C=O) groups excluding carboxylic acids is 1. The summed E-state index contributed by atoms with van der Waals surface area (Å²) in [5.41, 5.74) is 8.57. The van der Waals surface area contributed by atoms with Gasteiger partial charge in [0.1, 0.15) is 0 Å². The third-order valence-corrected chi connectivity index (χ3v) is 6.02. The molecule has 0 bridgehead atoms. The van der Waals surface area contributed by atoms with Crippen LogP contribution in [0.5, 0.6) is 0 Å². The molecule has 1 aromatic heterocycles. The van der Waals surface area contributed by atoms with Crippen molar-refractivity contribution < 1.29 is 9.90 Å². The number of hydrogen-bond acceptors (Lipinski definition) is 2. The van der Waals surface area contributed by atoms with Crippen LogP contribution in [0.1, 0.15) is 60.9 Å². The number of nitrogens with two attached hydrogens (primary N) is 1. The van der Waals surface area contributed by atoms with Gasteiger partial charge >= 0.3 is 0 Å². The van der Waals surface area contributed by atoms with Crippen LogP contribution in [-0.2, 0) is 13.0 Å². The molecule has 4 nitrogen and oxygen atoms in total. The standard InChI is InChI=1S/C20H27BrN2O2/c21-17-9-8-15(12-14-6-3-1-2-4-7-14)19-18(17)16(20(22)25)13-23(19)10-5-11-24/h8-9,13-14,24H,1-7,10-12H2,(H2,22,25). The van der Waals surface area contributed by atoms with Gasteiger partial charge in [-0.05, 0) is 30.4 Å². The van der Waals surface area contributed by atoms with Crippen molar-refractivity contribution in [3.05, 3.63) is 33.9 Å². The summed E-state index contributed by atoms with van der Waals surface area (Å²) in [6, 6.07) is 4.22. The highest BCUT2D eigenvalue weighted by Crippen LogP contribution is 2.35. The molecule has 1 heterocycles. The largest absolute Gasteiger partial charge is 0.396 e. The molecule has 1 saturated carbocycles. The molecule has 25 heavy (non-hydrogen) atoms. The zero-order valence-corrected chi connectivity index (χ0v) is 16.2. The van der Waals surface area contributed by atoms with Gasteiger partial charge in [0.05, 0.1) is 11.1 Å². The molecule has 0 spiro atoms. The lowest BCUT2D eigenvalue weighted by molar-refractivity contribution is 0.100. The predicted molar refractivity (Wildman–Crippen MR) is 105 cm³/mol. The highest BCUT2D eigenvalue weighted by atomic mass is 79.9. The Morgan fingerprint density at radius 1 is 1.24 bits per heavy atom. The van der Waals surface area contributed by atoms with Gasteiger partial charge in [0, 0.05) is 29.2 Å². The lowest BCUT2D eigenvalue weighted by Gasteiger charge is -2.17. The van der Waals surface area contributed by atoms with Gasteiger partial charge in [-0.3, -0.25) is 4.79 Å². The number of nitrogens with zero attached hydrogens (tertiary/aromatic N) is 1. The summed E-state index contributed by atoms with van der Waals surface area (Å²) in [4.78, 5) is 11.9. The third kappa shape index (κ3) is 4.09. The van der Waals surface area contributed by atoms with Crippen molar-refractivity contribution in [2.45, 2.75) is 57.9 Å². The summed E-state index contributed by atoms with van der Waals surface area (Å²) in [7, 11) is 0. The number of hydrogen-bond donors (Lipinski definition) is 2. The van der Waals surface area contributed by atoms with Crippen LogP contribution in [0.25, 0.3) is 10.9 Å². The van der Waals surface area contributed by atoms with Crippen molar-refractivity contribution in [2.75, 3.05) is 6.61 Å². The van der Waals surface area contributed by atoms with Crippen molar-refractivity contribution in [1.29, 1.82) is 0 Å². The van der Waals surface area contributed by atoms with Gasteiger partial charge in [-0.2, -0.15) is 0 Å². The number of amides is 1. The molecule has 1 aliphatic carbocycles. The number of aromatic nitrogens is 1. The van der Waals surface area contributed by atoms with Crippen LogP contribution in [0.3, 0.4) is 0 Å². The number of benzene rings is 1. The molecule has 0 aliphatic heterocycles. The van der Waals surface area contributed by atoms with Crippen molar-refractivity contribution in [3.63, 3.8) is 0 Å². The summed E-state index contributed by atoms with van der Waals surface area (Å²) < 4.78 is 3.01. The van der Waals surface area contributed by atoms with E-state index in [1.807, 2.05) is 12.3 Å². The summed E-state index contributed by atoms with van der Waals surface area (Å²) in [6.07, 6.45) is 11.5. The summed E-state index contributed by atoms with van der Waals surface area (Å²) in [5.74, 6) is 0.310. The fourth-order valence-corrected chi connectivity index (χ4v) is 4.66. The second-order valence-corrected chi connectivity index (χ2v) is 8.02. The minimum Gasteiger partial charge on any atom is -0.396 e. The van der Waals surface area contributed by atoms with Gasteiger partial charge in [-0.25, -0.2) is 0 Å². The molecular weight excluding hydrogens is 380 g/mol. The predicted octanol–water partition coefficient (Wildman–Crippen LogP) is 4.40. The Bertz CT molecular complexity index is 746. The molecule has 0 unspecified atom stereocenters. The molecule has 2 aromatic rings. The molecule has 3 rings (SSSR count). The van der Waals surface area contributed by atoms with Crippen molar-refractivity contribution in [1.82, 2.24) is 4.57 Å². The normalized spacial score (nSPS) is 16.2. The van der Waals surface area contributed by atoms with E-state index < -0.39 is 5.91 Å². The lowest BCUT2D eigenvalue weighted by atomic mass is 9.91. The van der Waals surface area contributed by atoms with Gasteiger partial charge < -0.3 is 15.4 Å². The van der Waals surface area contributed by atoms with Crippen LogP contribution in [0.15, 0.2) is 22.8 Å². The third-order valence-electron chi connectivity index (χ3n) is 5.36. The second kappa shape index (κ2) is 8.37.